The Morgan fingerprint density at radius 1 is 1.03 bits per heavy atom. The van der Waals surface area contributed by atoms with Gasteiger partial charge in [0.25, 0.3) is 11.5 Å². The van der Waals surface area contributed by atoms with Crippen LogP contribution in [0.2, 0.25) is 0 Å². The minimum absolute atomic E-state index is 0.0979. The summed E-state index contributed by atoms with van der Waals surface area (Å²) in [5.74, 6) is 0.398. The highest BCUT2D eigenvalue weighted by atomic mass is 16.5. The van der Waals surface area contributed by atoms with E-state index in [0.29, 0.717) is 25.4 Å². The van der Waals surface area contributed by atoms with Crippen molar-refractivity contribution in [2.75, 3.05) is 36.5 Å². The van der Waals surface area contributed by atoms with Crippen LogP contribution in [-0.2, 0) is 11.3 Å². The SMILES string of the molecule is O=C(Nc1ccc(N2CCOCC2)nc1)c1cccn(Cc2ccccc2)c1=O. The Kier molecular flexibility index (Phi) is 5.67. The summed E-state index contributed by atoms with van der Waals surface area (Å²) < 4.78 is 6.88. The van der Waals surface area contributed by atoms with E-state index < -0.39 is 5.91 Å². The van der Waals surface area contributed by atoms with E-state index in [1.807, 2.05) is 36.4 Å². The van der Waals surface area contributed by atoms with Gasteiger partial charge in [0, 0.05) is 19.3 Å². The zero-order valence-corrected chi connectivity index (χ0v) is 16.0. The number of nitrogens with zero attached hydrogens (tertiary/aromatic N) is 3. The highest BCUT2D eigenvalue weighted by molar-refractivity contribution is 6.03. The van der Waals surface area contributed by atoms with Crippen LogP contribution in [-0.4, -0.2) is 41.8 Å². The van der Waals surface area contributed by atoms with Crippen molar-refractivity contribution in [2.24, 2.45) is 0 Å². The summed E-state index contributed by atoms with van der Waals surface area (Å²) in [4.78, 5) is 31.9. The third-order valence-electron chi connectivity index (χ3n) is 4.80. The number of carbonyl (C=O) groups is 1. The molecule has 4 rings (SSSR count). The predicted octanol–water partition coefficient (Wildman–Crippen LogP) is 2.38. The molecular weight excluding hydrogens is 368 g/mol. The molecule has 1 aliphatic heterocycles. The highest BCUT2D eigenvalue weighted by Crippen LogP contribution is 2.16. The molecule has 3 heterocycles. The maximum atomic E-state index is 12.7. The Labute approximate surface area is 168 Å². The van der Waals surface area contributed by atoms with E-state index in [1.54, 1.807) is 24.5 Å². The van der Waals surface area contributed by atoms with Gasteiger partial charge >= 0.3 is 0 Å². The minimum atomic E-state index is -0.446. The molecule has 0 atom stereocenters. The molecule has 3 aromatic rings. The molecule has 0 saturated carbocycles. The summed E-state index contributed by atoms with van der Waals surface area (Å²) in [6, 6.07) is 16.6. The van der Waals surface area contributed by atoms with E-state index in [1.165, 1.54) is 10.6 Å². The fraction of sp³-hybridized carbons (Fsp3) is 0.227. The number of benzene rings is 1. The Hall–Kier alpha value is -3.45. The average Bonchev–Trinajstić information content (AvgIpc) is 2.77. The first-order valence-corrected chi connectivity index (χ1v) is 9.54. The number of pyridine rings is 2. The van der Waals surface area contributed by atoms with Gasteiger partial charge in [-0.25, -0.2) is 4.98 Å². The number of anilines is 2. The van der Waals surface area contributed by atoms with Crippen LogP contribution in [0, 0.1) is 0 Å². The summed E-state index contributed by atoms with van der Waals surface area (Å²) in [7, 11) is 0. The first kappa shape index (κ1) is 18.9. The van der Waals surface area contributed by atoms with Gasteiger partial charge in [0.05, 0.1) is 31.6 Å². The van der Waals surface area contributed by atoms with E-state index in [0.717, 1.165) is 24.5 Å². The van der Waals surface area contributed by atoms with Gasteiger partial charge in [-0.05, 0) is 29.8 Å². The fourth-order valence-electron chi connectivity index (χ4n) is 3.25. The molecule has 1 saturated heterocycles. The Morgan fingerprint density at radius 3 is 2.55 bits per heavy atom. The number of rotatable bonds is 5. The Bertz CT molecular complexity index is 1030. The number of aromatic nitrogens is 2. The molecule has 0 spiro atoms. The van der Waals surface area contributed by atoms with Gasteiger partial charge in [-0.15, -0.1) is 0 Å². The second-order valence-electron chi connectivity index (χ2n) is 6.80. The molecule has 148 valence electrons. The van der Waals surface area contributed by atoms with Crippen LogP contribution in [0.4, 0.5) is 11.5 Å². The number of ether oxygens (including phenoxy) is 1. The van der Waals surface area contributed by atoms with Crippen molar-refractivity contribution in [2.45, 2.75) is 6.54 Å². The monoisotopic (exact) mass is 390 g/mol. The summed E-state index contributed by atoms with van der Waals surface area (Å²) in [6.45, 7) is 3.37. The molecule has 2 aromatic heterocycles. The van der Waals surface area contributed by atoms with E-state index in [2.05, 4.69) is 15.2 Å². The van der Waals surface area contributed by atoms with Crippen molar-refractivity contribution in [3.05, 3.63) is 88.5 Å². The van der Waals surface area contributed by atoms with Crippen LogP contribution in [0.3, 0.4) is 0 Å². The average molecular weight is 390 g/mol. The van der Waals surface area contributed by atoms with E-state index in [4.69, 9.17) is 4.74 Å². The lowest BCUT2D eigenvalue weighted by Gasteiger charge is -2.27. The van der Waals surface area contributed by atoms with Gasteiger partial charge in [-0.1, -0.05) is 30.3 Å². The van der Waals surface area contributed by atoms with Crippen LogP contribution in [0.1, 0.15) is 15.9 Å². The fourth-order valence-corrected chi connectivity index (χ4v) is 3.25. The maximum Gasteiger partial charge on any atom is 0.263 e. The van der Waals surface area contributed by atoms with Crippen molar-refractivity contribution in [1.82, 2.24) is 9.55 Å². The number of nitrogens with one attached hydrogen (secondary N) is 1. The minimum Gasteiger partial charge on any atom is -0.378 e. The summed E-state index contributed by atoms with van der Waals surface area (Å²) in [5, 5.41) is 2.76. The molecule has 0 aliphatic carbocycles. The van der Waals surface area contributed by atoms with Crippen LogP contribution < -0.4 is 15.8 Å². The third kappa shape index (κ3) is 4.52. The van der Waals surface area contributed by atoms with Gasteiger partial charge in [0.2, 0.25) is 0 Å². The van der Waals surface area contributed by atoms with Crippen molar-refractivity contribution < 1.29 is 9.53 Å². The van der Waals surface area contributed by atoms with Crippen molar-refractivity contribution in [3.8, 4) is 0 Å². The zero-order chi connectivity index (χ0) is 20.1. The second-order valence-corrected chi connectivity index (χ2v) is 6.80. The second kappa shape index (κ2) is 8.70. The van der Waals surface area contributed by atoms with E-state index >= 15 is 0 Å². The lowest BCUT2D eigenvalue weighted by molar-refractivity contribution is 0.102. The molecule has 7 nitrogen and oxygen atoms in total. The van der Waals surface area contributed by atoms with Crippen molar-refractivity contribution >= 4 is 17.4 Å². The van der Waals surface area contributed by atoms with E-state index in [-0.39, 0.29) is 11.1 Å². The highest BCUT2D eigenvalue weighted by Gasteiger charge is 2.15. The van der Waals surface area contributed by atoms with Crippen LogP contribution in [0.25, 0.3) is 0 Å². The summed E-state index contributed by atoms with van der Waals surface area (Å²) in [5.41, 5.74) is 1.31. The number of carbonyl (C=O) groups excluding carboxylic acids is 1. The molecule has 0 radical (unpaired) electrons. The van der Waals surface area contributed by atoms with Crippen LogP contribution in [0.5, 0.6) is 0 Å². The predicted molar refractivity (Wildman–Crippen MR) is 111 cm³/mol. The molecular formula is C22H22N4O3. The largest absolute Gasteiger partial charge is 0.378 e. The number of amides is 1. The zero-order valence-electron chi connectivity index (χ0n) is 16.0. The topological polar surface area (TPSA) is 76.5 Å². The van der Waals surface area contributed by atoms with Gasteiger partial charge in [-0.2, -0.15) is 0 Å². The summed E-state index contributed by atoms with van der Waals surface area (Å²) in [6.07, 6.45) is 3.29. The van der Waals surface area contributed by atoms with Gasteiger partial charge in [0.15, 0.2) is 0 Å². The number of hydrogen-bond acceptors (Lipinski definition) is 5. The summed E-state index contributed by atoms with van der Waals surface area (Å²) >= 11 is 0. The maximum absolute atomic E-state index is 12.7. The van der Waals surface area contributed by atoms with Crippen molar-refractivity contribution in [1.29, 1.82) is 0 Å². The van der Waals surface area contributed by atoms with Gasteiger partial charge in [0.1, 0.15) is 11.4 Å². The van der Waals surface area contributed by atoms with Crippen LogP contribution >= 0.6 is 0 Å². The first-order chi connectivity index (χ1) is 14.2. The molecule has 1 aromatic carbocycles. The number of hydrogen-bond donors (Lipinski definition) is 1. The molecule has 29 heavy (non-hydrogen) atoms. The van der Waals surface area contributed by atoms with Gasteiger partial charge in [-0.3, -0.25) is 9.59 Å². The number of morpholine rings is 1. The third-order valence-corrected chi connectivity index (χ3v) is 4.80. The molecule has 1 fully saturated rings. The quantitative estimate of drug-likeness (QED) is 0.724. The smallest absolute Gasteiger partial charge is 0.263 e. The standard InChI is InChI=1S/C22H22N4O3/c27-21(24-18-8-9-20(23-15-18)25-11-13-29-14-12-25)19-7-4-10-26(22(19)28)16-17-5-2-1-3-6-17/h1-10,15H,11-14,16H2,(H,24,27). The Balaban J connectivity index is 1.47. The molecule has 1 amide bonds. The normalized spacial score (nSPS) is 13.9. The van der Waals surface area contributed by atoms with Gasteiger partial charge < -0.3 is 19.5 Å². The van der Waals surface area contributed by atoms with Crippen molar-refractivity contribution in [3.63, 3.8) is 0 Å². The van der Waals surface area contributed by atoms with Crippen LogP contribution in [0.15, 0.2) is 71.8 Å². The molecule has 0 bridgehead atoms. The molecule has 1 aliphatic rings. The Morgan fingerprint density at radius 2 is 1.83 bits per heavy atom. The lowest BCUT2D eigenvalue weighted by Crippen LogP contribution is -2.36. The molecule has 7 heteroatoms. The first-order valence-electron chi connectivity index (χ1n) is 9.54. The molecule has 0 unspecified atom stereocenters. The molecule has 1 N–H and O–H groups in total. The van der Waals surface area contributed by atoms with E-state index in [9.17, 15) is 9.59 Å². The lowest BCUT2D eigenvalue weighted by atomic mass is 10.2.